The first-order chi connectivity index (χ1) is 6.83. The molecule has 82 valence electrons. The molecule has 2 heterocycles. The molecule has 0 aliphatic carbocycles. The van der Waals surface area contributed by atoms with Crippen molar-refractivity contribution >= 4 is 0 Å². The van der Waals surface area contributed by atoms with Gasteiger partial charge in [-0.15, -0.1) is 19.7 Å². The number of rotatable bonds is 4. The lowest BCUT2D eigenvalue weighted by atomic mass is 10.5. The fourth-order valence-corrected chi connectivity index (χ4v) is 0.543. The minimum absolute atomic E-state index is 0.384. The van der Waals surface area contributed by atoms with Crippen LogP contribution in [0.25, 0.3) is 0 Å². The van der Waals surface area contributed by atoms with Crippen LogP contribution in [0.4, 0.5) is 0 Å². The van der Waals surface area contributed by atoms with Crippen LogP contribution in [0, 0.1) is 0 Å². The van der Waals surface area contributed by atoms with Gasteiger partial charge in [-0.25, -0.2) is 0 Å². The molecule has 0 aromatic carbocycles. The topological polar surface area (TPSA) is 34.3 Å². The van der Waals surface area contributed by atoms with Gasteiger partial charge >= 0.3 is 0 Å². The van der Waals surface area contributed by atoms with Gasteiger partial charge in [0.2, 0.25) is 0 Å². The van der Waals surface area contributed by atoms with Crippen molar-refractivity contribution in [2.75, 3.05) is 26.4 Å². The summed E-state index contributed by atoms with van der Waals surface area (Å²) in [6.07, 6.45) is 2.71. The van der Waals surface area contributed by atoms with E-state index in [1.165, 1.54) is 0 Å². The summed E-state index contributed by atoms with van der Waals surface area (Å²) in [5, 5.41) is 0. The second-order valence-electron chi connectivity index (χ2n) is 2.93. The maximum Gasteiger partial charge on any atom is 0.104 e. The van der Waals surface area contributed by atoms with Crippen LogP contribution < -0.4 is 0 Å². The number of ether oxygens (including phenoxy) is 3. The van der Waals surface area contributed by atoms with Crippen molar-refractivity contribution in [1.29, 1.82) is 0 Å². The molecule has 0 spiro atoms. The first-order valence-electron chi connectivity index (χ1n) is 4.74. The Bertz CT molecular complexity index is 139. The minimum Gasteiger partial charge on any atom is -0.375 e. The lowest BCUT2D eigenvalue weighted by Crippen LogP contribution is -2.00. The highest BCUT2D eigenvalue weighted by molar-refractivity contribution is 4.70. The Kier molecular flexibility index (Phi) is 8.53. The molecular weight excluding hydrogens is 180 g/mol. The molecule has 0 aromatic rings. The molecule has 3 heteroatoms. The van der Waals surface area contributed by atoms with Crippen molar-refractivity contribution in [3.63, 3.8) is 0 Å². The van der Waals surface area contributed by atoms with E-state index in [0.717, 1.165) is 19.8 Å². The van der Waals surface area contributed by atoms with Crippen LogP contribution in [0.15, 0.2) is 25.8 Å². The molecule has 14 heavy (non-hydrogen) atoms. The minimum atomic E-state index is 0.384. The zero-order valence-corrected chi connectivity index (χ0v) is 8.91. The van der Waals surface area contributed by atoms with Gasteiger partial charge in [0, 0.05) is 0 Å². The molecule has 3 nitrogen and oxygen atoms in total. The van der Waals surface area contributed by atoms with E-state index in [2.05, 4.69) is 26.7 Å². The smallest absolute Gasteiger partial charge is 0.104 e. The molecule has 0 bridgehead atoms. The van der Waals surface area contributed by atoms with Crippen molar-refractivity contribution in [2.24, 2.45) is 0 Å². The van der Waals surface area contributed by atoms with Crippen LogP contribution in [-0.4, -0.2) is 38.6 Å². The third kappa shape index (κ3) is 11.4. The van der Waals surface area contributed by atoms with E-state index in [9.17, 15) is 0 Å². The van der Waals surface area contributed by atoms with Crippen LogP contribution in [0.1, 0.15) is 6.92 Å². The second kappa shape index (κ2) is 8.94. The Morgan fingerprint density at radius 2 is 1.86 bits per heavy atom. The molecule has 2 aliphatic heterocycles. The Labute approximate surface area is 86.4 Å². The number of epoxide rings is 2. The van der Waals surface area contributed by atoms with Gasteiger partial charge in [-0.2, -0.15) is 0 Å². The average Bonchev–Trinajstić information content (AvgIpc) is 3.08. The van der Waals surface area contributed by atoms with Crippen LogP contribution in [-0.2, 0) is 14.2 Å². The maximum absolute atomic E-state index is 5.06. The summed E-state index contributed by atoms with van der Waals surface area (Å²) in [6.45, 7) is 14.8. The quantitative estimate of drug-likeness (QED) is 0.394. The average molecular weight is 200 g/mol. The standard InChI is InChI=1S/C6H10O2.C3H6O.C2H4/c1-2-3-7-4-6-5-8-6;1-3-2-4-3;1-2/h2,6H,1,3-5H2;3H,2H2,1H3;1-2H2. The zero-order valence-electron chi connectivity index (χ0n) is 8.91. The van der Waals surface area contributed by atoms with E-state index in [4.69, 9.17) is 14.2 Å². The molecule has 2 unspecified atom stereocenters. The molecule has 2 fully saturated rings. The molecule has 2 aliphatic rings. The molecule has 0 N–H and O–H groups in total. The third-order valence-electron chi connectivity index (χ3n) is 1.44. The van der Waals surface area contributed by atoms with Gasteiger partial charge in [0.25, 0.3) is 0 Å². The number of hydrogen-bond donors (Lipinski definition) is 0. The van der Waals surface area contributed by atoms with Crippen molar-refractivity contribution < 1.29 is 14.2 Å². The third-order valence-corrected chi connectivity index (χ3v) is 1.44. The summed E-state index contributed by atoms with van der Waals surface area (Å²) in [7, 11) is 0. The summed E-state index contributed by atoms with van der Waals surface area (Å²) in [5.41, 5.74) is 0. The summed E-state index contributed by atoms with van der Waals surface area (Å²) in [6, 6.07) is 0. The summed E-state index contributed by atoms with van der Waals surface area (Å²) in [5.74, 6) is 0. The van der Waals surface area contributed by atoms with Gasteiger partial charge in [0.15, 0.2) is 0 Å². The lowest BCUT2D eigenvalue weighted by molar-refractivity contribution is 0.141. The van der Waals surface area contributed by atoms with Crippen LogP contribution in [0.5, 0.6) is 0 Å². The van der Waals surface area contributed by atoms with Crippen LogP contribution >= 0.6 is 0 Å². The van der Waals surface area contributed by atoms with Gasteiger partial charge < -0.3 is 14.2 Å². The predicted octanol–water partition coefficient (Wildman–Crippen LogP) is 1.80. The molecule has 2 saturated heterocycles. The second-order valence-corrected chi connectivity index (χ2v) is 2.93. The normalized spacial score (nSPS) is 26.1. The highest BCUT2D eigenvalue weighted by Gasteiger charge is 2.21. The molecule has 0 saturated carbocycles. The maximum atomic E-state index is 5.06. The highest BCUT2D eigenvalue weighted by Crippen LogP contribution is 2.07. The van der Waals surface area contributed by atoms with E-state index < -0.39 is 0 Å². The number of hydrogen-bond acceptors (Lipinski definition) is 3. The van der Waals surface area contributed by atoms with Gasteiger partial charge in [-0.05, 0) is 6.92 Å². The van der Waals surface area contributed by atoms with Gasteiger partial charge in [0.1, 0.15) is 6.10 Å². The van der Waals surface area contributed by atoms with Crippen LogP contribution in [0.2, 0.25) is 0 Å². The molecule has 2 atom stereocenters. The lowest BCUT2D eigenvalue weighted by Gasteiger charge is -1.92. The van der Waals surface area contributed by atoms with Gasteiger partial charge in [-0.3, -0.25) is 0 Å². The largest absolute Gasteiger partial charge is 0.375 e. The Morgan fingerprint density at radius 1 is 1.36 bits per heavy atom. The highest BCUT2D eigenvalue weighted by atomic mass is 16.6. The first-order valence-corrected chi connectivity index (χ1v) is 4.74. The van der Waals surface area contributed by atoms with E-state index in [1.807, 2.05) is 0 Å². The van der Waals surface area contributed by atoms with E-state index in [0.29, 0.717) is 18.8 Å². The van der Waals surface area contributed by atoms with Crippen molar-refractivity contribution in [2.45, 2.75) is 19.1 Å². The van der Waals surface area contributed by atoms with Crippen molar-refractivity contribution in [1.82, 2.24) is 0 Å². The Hall–Kier alpha value is -0.640. The molecular formula is C11H20O3. The monoisotopic (exact) mass is 200 g/mol. The summed E-state index contributed by atoms with van der Waals surface area (Å²) < 4.78 is 14.7. The fraction of sp³-hybridized carbons (Fsp3) is 0.636. The van der Waals surface area contributed by atoms with Gasteiger partial charge in [-0.1, -0.05) is 6.08 Å². The summed E-state index contributed by atoms with van der Waals surface area (Å²) >= 11 is 0. The van der Waals surface area contributed by atoms with Crippen LogP contribution in [0.3, 0.4) is 0 Å². The summed E-state index contributed by atoms with van der Waals surface area (Å²) in [4.78, 5) is 0. The Balaban J connectivity index is 0.000000236. The van der Waals surface area contributed by atoms with Crippen molar-refractivity contribution in [3.05, 3.63) is 25.8 Å². The molecule has 2 rings (SSSR count). The molecule has 0 aromatic heterocycles. The van der Waals surface area contributed by atoms with E-state index in [1.54, 1.807) is 6.08 Å². The zero-order chi connectivity index (χ0) is 10.8. The Morgan fingerprint density at radius 3 is 2.14 bits per heavy atom. The first kappa shape index (κ1) is 13.4. The SMILES string of the molecule is C=C.C=CCOCC1CO1.CC1CO1. The predicted molar refractivity (Wildman–Crippen MR) is 57.4 cm³/mol. The molecule has 0 radical (unpaired) electrons. The van der Waals surface area contributed by atoms with Crippen molar-refractivity contribution in [3.8, 4) is 0 Å². The fourth-order valence-electron chi connectivity index (χ4n) is 0.543. The van der Waals surface area contributed by atoms with E-state index >= 15 is 0 Å². The van der Waals surface area contributed by atoms with Gasteiger partial charge in [0.05, 0.1) is 32.5 Å². The molecule has 0 amide bonds. The van der Waals surface area contributed by atoms with E-state index in [-0.39, 0.29) is 0 Å².